The standard InChI is InChI=1S/C29H46N8O3/c30-14-16-39-18-19-40-17-15-31-26(38)24-12-10-23(11-13-24)21-33-28-35-27(32-20-22-6-2-1-3-7-22)36-29(37-28)34-25-8-4-5-9-25/h10-13,22,25H,1-9,14-21,30H2,(H,31,38)(H3,32,33,34,35,36,37). The molecule has 2 aliphatic carbocycles. The third kappa shape index (κ3) is 10.5. The molecule has 1 aromatic carbocycles. The quantitative estimate of drug-likeness (QED) is 0.184. The molecule has 2 fully saturated rings. The van der Waals surface area contributed by atoms with E-state index >= 15 is 0 Å². The van der Waals surface area contributed by atoms with Crippen molar-refractivity contribution in [1.29, 1.82) is 0 Å². The normalized spacial score (nSPS) is 16.1. The van der Waals surface area contributed by atoms with Crippen molar-refractivity contribution >= 4 is 23.8 Å². The molecule has 40 heavy (non-hydrogen) atoms. The van der Waals surface area contributed by atoms with E-state index in [4.69, 9.17) is 15.2 Å². The lowest BCUT2D eigenvalue weighted by Gasteiger charge is -2.22. The molecule has 0 bridgehead atoms. The monoisotopic (exact) mass is 554 g/mol. The highest BCUT2D eigenvalue weighted by atomic mass is 16.5. The van der Waals surface area contributed by atoms with Crippen molar-refractivity contribution in [3.05, 3.63) is 35.4 Å². The van der Waals surface area contributed by atoms with E-state index in [1.165, 1.54) is 44.9 Å². The van der Waals surface area contributed by atoms with Crippen molar-refractivity contribution in [3.63, 3.8) is 0 Å². The van der Waals surface area contributed by atoms with Crippen molar-refractivity contribution < 1.29 is 14.3 Å². The highest BCUT2D eigenvalue weighted by Crippen LogP contribution is 2.25. The largest absolute Gasteiger partial charge is 0.378 e. The zero-order valence-corrected chi connectivity index (χ0v) is 23.6. The van der Waals surface area contributed by atoms with Gasteiger partial charge < -0.3 is 36.5 Å². The van der Waals surface area contributed by atoms with E-state index in [9.17, 15) is 4.79 Å². The Morgan fingerprint density at radius 2 is 1.45 bits per heavy atom. The fraction of sp³-hybridized carbons (Fsp3) is 0.655. The molecule has 0 spiro atoms. The number of hydrogen-bond donors (Lipinski definition) is 5. The van der Waals surface area contributed by atoms with E-state index in [2.05, 4.69) is 36.2 Å². The number of aromatic nitrogens is 3. The Morgan fingerprint density at radius 3 is 2.17 bits per heavy atom. The molecule has 220 valence electrons. The summed E-state index contributed by atoms with van der Waals surface area (Å²) < 4.78 is 10.7. The summed E-state index contributed by atoms with van der Waals surface area (Å²) in [5.74, 6) is 2.32. The average Bonchev–Trinajstić information content (AvgIpc) is 3.50. The zero-order valence-electron chi connectivity index (χ0n) is 23.6. The number of nitrogens with two attached hydrogens (primary N) is 1. The second-order valence-electron chi connectivity index (χ2n) is 10.6. The van der Waals surface area contributed by atoms with Crippen LogP contribution in [-0.4, -0.2) is 73.0 Å². The number of benzene rings is 1. The molecule has 11 nitrogen and oxygen atoms in total. The molecular weight excluding hydrogens is 508 g/mol. The summed E-state index contributed by atoms with van der Waals surface area (Å²) in [6.45, 7) is 4.31. The van der Waals surface area contributed by atoms with Crippen molar-refractivity contribution in [3.8, 4) is 0 Å². The van der Waals surface area contributed by atoms with Crippen LogP contribution < -0.4 is 27.0 Å². The van der Waals surface area contributed by atoms with Gasteiger partial charge in [0.25, 0.3) is 5.91 Å². The predicted molar refractivity (Wildman–Crippen MR) is 158 cm³/mol. The lowest BCUT2D eigenvalue weighted by molar-refractivity contribution is 0.0511. The summed E-state index contributed by atoms with van der Waals surface area (Å²) in [6.07, 6.45) is 11.3. The summed E-state index contributed by atoms with van der Waals surface area (Å²) >= 11 is 0. The first-order valence-electron chi connectivity index (χ1n) is 14.9. The number of hydrogen-bond acceptors (Lipinski definition) is 10. The van der Waals surface area contributed by atoms with Crippen molar-refractivity contribution in [2.24, 2.45) is 11.7 Å². The predicted octanol–water partition coefficient (Wildman–Crippen LogP) is 3.55. The molecule has 11 heteroatoms. The van der Waals surface area contributed by atoms with Crippen molar-refractivity contribution in [1.82, 2.24) is 20.3 Å². The lowest BCUT2D eigenvalue weighted by atomic mass is 9.89. The second kappa shape index (κ2) is 16.9. The lowest BCUT2D eigenvalue weighted by Crippen LogP contribution is -2.27. The van der Waals surface area contributed by atoms with E-state index in [0.29, 0.717) is 81.4 Å². The smallest absolute Gasteiger partial charge is 0.251 e. The highest BCUT2D eigenvalue weighted by molar-refractivity contribution is 5.94. The SMILES string of the molecule is NCCOCCOCCNC(=O)c1ccc(CNc2nc(NCC3CCCCC3)nc(NC3CCCC3)n2)cc1. The third-order valence-corrected chi connectivity index (χ3v) is 7.43. The van der Waals surface area contributed by atoms with Crippen molar-refractivity contribution in [2.45, 2.75) is 70.4 Å². The minimum atomic E-state index is -0.128. The van der Waals surface area contributed by atoms with E-state index in [1.807, 2.05) is 24.3 Å². The van der Waals surface area contributed by atoms with Crippen LogP contribution in [0.2, 0.25) is 0 Å². The van der Waals surface area contributed by atoms with Gasteiger partial charge >= 0.3 is 0 Å². The first kappa shape index (κ1) is 30.0. The van der Waals surface area contributed by atoms with Gasteiger partial charge in [-0.05, 0) is 49.3 Å². The number of nitrogens with one attached hydrogen (secondary N) is 4. The van der Waals surface area contributed by atoms with Gasteiger partial charge in [0, 0.05) is 37.8 Å². The summed E-state index contributed by atoms with van der Waals surface area (Å²) in [7, 11) is 0. The number of amides is 1. The van der Waals surface area contributed by atoms with Crippen LogP contribution in [0.15, 0.2) is 24.3 Å². The fourth-order valence-electron chi connectivity index (χ4n) is 5.18. The van der Waals surface area contributed by atoms with Gasteiger partial charge in [0.05, 0.1) is 26.4 Å². The van der Waals surface area contributed by atoms with Gasteiger partial charge in [-0.1, -0.05) is 44.2 Å². The number of ether oxygens (including phenoxy) is 2. The number of carbonyl (C=O) groups excluding carboxylic acids is 1. The minimum absolute atomic E-state index is 0.128. The van der Waals surface area contributed by atoms with E-state index in [1.54, 1.807) is 0 Å². The third-order valence-electron chi connectivity index (χ3n) is 7.43. The number of rotatable bonds is 17. The summed E-state index contributed by atoms with van der Waals surface area (Å²) in [4.78, 5) is 26.4. The maximum absolute atomic E-state index is 12.4. The topological polar surface area (TPSA) is 148 Å². The molecule has 1 aromatic heterocycles. The van der Waals surface area contributed by atoms with Crippen LogP contribution in [0.1, 0.15) is 73.7 Å². The molecule has 4 rings (SSSR count). The summed E-state index contributed by atoms with van der Waals surface area (Å²) in [5, 5.41) is 13.2. The van der Waals surface area contributed by atoms with Crippen LogP contribution in [0.5, 0.6) is 0 Å². The maximum Gasteiger partial charge on any atom is 0.251 e. The minimum Gasteiger partial charge on any atom is -0.378 e. The van der Waals surface area contributed by atoms with E-state index < -0.39 is 0 Å². The molecule has 1 amide bonds. The number of anilines is 3. The van der Waals surface area contributed by atoms with E-state index in [-0.39, 0.29) is 5.91 Å². The van der Waals surface area contributed by atoms with Gasteiger partial charge in [-0.25, -0.2) is 0 Å². The number of carbonyl (C=O) groups is 1. The van der Waals surface area contributed by atoms with Gasteiger partial charge in [-0.3, -0.25) is 4.79 Å². The molecule has 2 aliphatic rings. The van der Waals surface area contributed by atoms with Crippen LogP contribution in [0.25, 0.3) is 0 Å². The van der Waals surface area contributed by atoms with Crippen LogP contribution >= 0.6 is 0 Å². The molecule has 0 unspecified atom stereocenters. The first-order chi connectivity index (χ1) is 19.7. The molecule has 0 saturated heterocycles. The van der Waals surface area contributed by atoms with Crippen LogP contribution in [0, 0.1) is 5.92 Å². The molecule has 0 atom stereocenters. The Morgan fingerprint density at radius 1 is 0.800 bits per heavy atom. The zero-order chi connectivity index (χ0) is 27.8. The second-order valence-corrected chi connectivity index (χ2v) is 10.6. The average molecular weight is 555 g/mol. The molecule has 1 heterocycles. The van der Waals surface area contributed by atoms with Crippen LogP contribution in [-0.2, 0) is 16.0 Å². The van der Waals surface area contributed by atoms with Crippen LogP contribution in [0.4, 0.5) is 17.8 Å². The summed E-state index contributed by atoms with van der Waals surface area (Å²) in [5.41, 5.74) is 7.00. The molecule has 2 saturated carbocycles. The van der Waals surface area contributed by atoms with Gasteiger partial charge in [0.2, 0.25) is 17.8 Å². The Kier molecular flexibility index (Phi) is 12.7. The highest BCUT2D eigenvalue weighted by Gasteiger charge is 2.18. The Labute approximate surface area is 237 Å². The Hall–Kier alpha value is -3.02. The Bertz CT molecular complexity index is 1010. The number of nitrogens with zero attached hydrogens (tertiary/aromatic N) is 3. The molecule has 0 aliphatic heterocycles. The van der Waals surface area contributed by atoms with Gasteiger partial charge in [-0.2, -0.15) is 15.0 Å². The fourth-order valence-corrected chi connectivity index (χ4v) is 5.18. The first-order valence-corrected chi connectivity index (χ1v) is 14.9. The van der Waals surface area contributed by atoms with E-state index in [0.717, 1.165) is 24.9 Å². The molecule has 0 radical (unpaired) electrons. The molecule has 6 N–H and O–H groups in total. The molecular formula is C29H46N8O3. The molecule has 2 aromatic rings. The Balaban J connectivity index is 1.25. The van der Waals surface area contributed by atoms with Gasteiger partial charge in [0.15, 0.2) is 0 Å². The van der Waals surface area contributed by atoms with Gasteiger partial charge in [0.1, 0.15) is 0 Å². The van der Waals surface area contributed by atoms with Gasteiger partial charge in [-0.15, -0.1) is 0 Å². The summed E-state index contributed by atoms with van der Waals surface area (Å²) in [6, 6.07) is 7.95. The van der Waals surface area contributed by atoms with Crippen LogP contribution in [0.3, 0.4) is 0 Å². The van der Waals surface area contributed by atoms with Crippen molar-refractivity contribution in [2.75, 3.05) is 62.0 Å². The maximum atomic E-state index is 12.4.